The molecule has 0 aromatic carbocycles. The van der Waals surface area contributed by atoms with Crippen LogP contribution < -0.4 is 10.2 Å². The van der Waals surface area contributed by atoms with E-state index in [0.29, 0.717) is 17.4 Å². The predicted molar refractivity (Wildman–Crippen MR) is 358 cm³/mol. The van der Waals surface area contributed by atoms with E-state index in [1.807, 2.05) is 33.3 Å². The lowest BCUT2D eigenvalue weighted by Gasteiger charge is -2.30. The molecular weight excluding hydrogens is 1050 g/mol. The van der Waals surface area contributed by atoms with Gasteiger partial charge in [-0.3, -0.25) is 14.2 Å². The average Bonchev–Trinajstić information content (AvgIpc) is 3.47. The first kappa shape index (κ1) is 79.9. The fourth-order valence-corrected chi connectivity index (χ4v) is 10.4. The Bertz CT molecular complexity index is 1740. The second kappa shape index (κ2) is 62.0. The van der Waals surface area contributed by atoms with Crippen molar-refractivity contribution in [2.45, 2.75) is 315 Å². The molecule has 10 heteroatoms. The number of phosphoric acid groups is 1. The van der Waals surface area contributed by atoms with E-state index in [0.717, 1.165) is 89.9 Å². The Morgan fingerprint density at radius 2 is 0.735 bits per heavy atom. The molecule has 0 aliphatic heterocycles. The van der Waals surface area contributed by atoms with Crippen LogP contribution >= 0.6 is 7.82 Å². The van der Waals surface area contributed by atoms with E-state index < -0.39 is 26.6 Å². The Hall–Kier alpha value is -3.07. The lowest BCUT2D eigenvalue weighted by molar-refractivity contribution is -0.870. The first-order chi connectivity index (χ1) is 40.4. The Kier molecular flexibility index (Phi) is 59.7. The molecule has 0 aliphatic carbocycles. The number of nitrogens with one attached hydrogen (secondary N) is 1. The van der Waals surface area contributed by atoms with Crippen molar-refractivity contribution in [1.82, 2.24) is 5.32 Å². The van der Waals surface area contributed by atoms with E-state index in [1.165, 1.54) is 173 Å². The van der Waals surface area contributed by atoms with Crippen molar-refractivity contribution in [3.8, 4) is 0 Å². The number of nitrogens with zero attached hydrogens (tertiary/aromatic N) is 1. The minimum absolute atomic E-state index is 0.0326. The number of esters is 1. The van der Waals surface area contributed by atoms with E-state index in [-0.39, 0.29) is 31.3 Å². The van der Waals surface area contributed by atoms with Gasteiger partial charge < -0.3 is 28.5 Å². The van der Waals surface area contributed by atoms with Crippen molar-refractivity contribution in [3.05, 3.63) is 97.2 Å². The third kappa shape index (κ3) is 63.3. The molecular formula is C73H131N2O7P. The van der Waals surface area contributed by atoms with E-state index in [1.54, 1.807) is 0 Å². The Balaban J connectivity index is 5.19. The number of hydrogen-bond donors (Lipinski definition) is 1. The van der Waals surface area contributed by atoms with Gasteiger partial charge in [-0.05, 0) is 115 Å². The van der Waals surface area contributed by atoms with Crippen molar-refractivity contribution in [1.29, 1.82) is 0 Å². The molecule has 0 spiro atoms. The van der Waals surface area contributed by atoms with Gasteiger partial charge in [0.15, 0.2) is 0 Å². The van der Waals surface area contributed by atoms with E-state index in [2.05, 4.69) is 111 Å². The summed E-state index contributed by atoms with van der Waals surface area (Å²) >= 11 is 0. The SMILES string of the molecule is CCCCC/C=C\C/C=C\C/C=C\C/C=C\CCCCCC(=O)NC(COP(=O)([O-])OCC[N+](C)(C)C)C(/C=C\CCCCCCCCCCCCC)OC(=O)CCCCCCCCCCCCCC/C=C\C/C=C\C/C=C\CCCCC. The summed E-state index contributed by atoms with van der Waals surface area (Å²) in [5, 5.41) is 3.02. The highest BCUT2D eigenvalue weighted by Gasteiger charge is 2.27. The van der Waals surface area contributed by atoms with Gasteiger partial charge in [0.25, 0.3) is 7.82 Å². The molecule has 480 valence electrons. The van der Waals surface area contributed by atoms with E-state index in [9.17, 15) is 19.0 Å². The normalized spacial score (nSPS) is 14.2. The molecule has 83 heavy (non-hydrogen) atoms. The van der Waals surface area contributed by atoms with E-state index >= 15 is 0 Å². The Morgan fingerprint density at radius 1 is 0.422 bits per heavy atom. The first-order valence-electron chi connectivity index (χ1n) is 34.5. The average molecular weight is 1180 g/mol. The predicted octanol–water partition coefficient (Wildman–Crippen LogP) is 21.3. The summed E-state index contributed by atoms with van der Waals surface area (Å²) in [7, 11) is 1.16. The zero-order valence-corrected chi connectivity index (χ0v) is 55.8. The van der Waals surface area contributed by atoms with Crippen LogP contribution in [0.1, 0.15) is 303 Å². The molecule has 0 aliphatic rings. The van der Waals surface area contributed by atoms with Crippen molar-refractivity contribution >= 4 is 19.7 Å². The third-order valence-electron chi connectivity index (χ3n) is 15.0. The minimum Gasteiger partial charge on any atom is -0.756 e. The number of likely N-dealkylation sites (N-methyl/N-ethyl adjacent to an activating group) is 1. The van der Waals surface area contributed by atoms with Crippen LogP contribution in [-0.2, 0) is 27.9 Å². The van der Waals surface area contributed by atoms with Gasteiger partial charge in [-0.15, -0.1) is 0 Å². The zero-order chi connectivity index (χ0) is 60.7. The van der Waals surface area contributed by atoms with Crippen molar-refractivity contribution in [2.75, 3.05) is 40.9 Å². The summed E-state index contributed by atoms with van der Waals surface area (Å²) in [6, 6.07) is -0.912. The molecule has 1 amide bonds. The second-order valence-corrected chi connectivity index (χ2v) is 25.7. The maximum atomic E-state index is 13.6. The van der Waals surface area contributed by atoms with Crippen LogP contribution in [0.15, 0.2) is 97.2 Å². The summed E-state index contributed by atoms with van der Waals surface area (Å²) in [4.78, 5) is 40.1. The summed E-state index contributed by atoms with van der Waals surface area (Å²) in [6.45, 7) is 6.78. The van der Waals surface area contributed by atoms with Crippen molar-refractivity contribution in [3.63, 3.8) is 0 Å². The third-order valence-corrected chi connectivity index (χ3v) is 16.0. The molecule has 0 saturated carbocycles. The van der Waals surface area contributed by atoms with Gasteiger partial charge in [-0.1, -0.05) is 272 Å². The maximum absolute atomic E-state index is 13.6. The molecule has 0 aromatic heterocycles. The molecule has 0 aromatic rings. The van der Waals surface area contributed by atoms with Crippen LogP contribution in [0.3, 0.4) is 0 Å². The van der Waals surface area contributed by atoms with Crippen LogP contribution in [0.5, 0.6) is 0 Å². The van der Waals surface area contributed by atoms with Crippen LogP contribution in [0, 0.1) is 0 Å². The molecule has 0 rings (SSSR count). The highest BCUT2D eigenvalue weighted by Crippen LogP contribution is 2.38. The number of carbonyl (C=O) groups is 2. The minimum atomic E-state index is -4.72. The zero-order valence-electron chi connectivity index (χ0n) is 54.9. The molecule has 3 unspecified atom stereocenters. The fraction of sp³-hybridized carbons (Fsp3) is 0.753. The molecule has 0 bridgehead atoms. The largest absolute Gasteiger partial charge is 0.756 e. The fourth-order valence-electron chi connectivity index (χ4n) is 9.63. The van der Waals surface area contributed by atoms with Crippen molar-refractivity contribution < 1.29 is 37.3 Å². The molecule has 0 heterocycles. The molecule has 1 N–H and O–H groups in total. The number of phosphoric ester groups is 1. The number of hydrogen-bond acceptors (Lipinski definition) is 7. The molecule has 0 saturated heterocycles. The number of quaternary nitrogens is 1. The van der Waals surface area contributed by atoms with E-state index in [4.69, 9.17) is 13.8 Å². The molecule has 0 fully saturated rings. The first-order valence-corrected chi connectivity index (χ1v) is 36.0. The molecule has 3 atom stereocenters. The topological polar surface area (TPSA) is 114 Å². The van der Waals surface area contributed by atoms with Crippen LogP contribution in [0.25, 0.3) is 0 Å². The van der Waals surface area contributed by atoms with Gasteiger partial charge in [0.2, 0.25) is 5.91 Å². The lowest BCUT2D eigenvalue weighted by atomic mass is 10.0. The number of unbranched alkanes of at least 4 members (excludes halogenated alkanes) is 32. The number of ether oxygens (including phenoxy) is 1. The second-order valence-electron chi connectivity index (χ2n) is 24.3. The number of amides is 1. The van der Waals surface area contributed by atoms with Crippen LogP contribution in [-0.4, -0.2) is 69.4 Å². The number of carbonyl (C=O) groups excluding carboxylic acids is 2. The quantitative estimate of drug-likeness (QED) is 0.0212. The Labute approximate surface area is 513 Å². The van der Waals surface area contributed by atoms with Gasteiger partial charge in [0.05, 0.1) is 33.8 Å². The van der Waals surface area contributed by atoms with Gasteiger partial charge in [-0.2, -0.15) is 0 Å². The van der Waals surface area contributed by atoms with Crippen molar-refractivity contribution in [2.24, 2.45) is 0 Å². The van der Waals surface area contributed by atoms with Crippen LogP contribution in [0.2, 0.25) is 0 Å². The molecule has 0 radical (unpaired) electrons. The van der Waals surface area contributed by atoms with Gasteiger partial charge >= 0.3 is 5.97 Å². The monoisotopic (exact) mass is 1180 g/mol. The molecule has 9 nitrogen and oxygen atoms in total. The van der Waals surface area contributed by atoms with Gasteiger partial charge in [-0.25, -0.2) is 0 Å². The summed E-state index contributed by atoms with van der Waals surface area (Å²) in [6.07, 6.45) is 83.8. The lowest BCUT2D eigenvalue weighted by Crippen LogP contribution is -2.47. The van der Waals surface area contributed by atoms with Gasteiger partial charge in [0.1, 0.15) is 19.3 Å². The summed E-state index contributed by atoms with van der Waals surface area (Å²) in [5.74, 6) is -0.576. The van der Waals surface area contributed by atoms with Crippen LogP contribution in [0.4, 0.5) is 0 Å². The number of rotatable bonds is 62. The van der Waals surface area contributed by atoms with Gasteiger partial charge in [0, 0.05) is 12.8 Å². The number of allylic oxidation sites excluding steroid dienone is 15. The smallest absolute Gasteiger partial charge is 0.306 e. The highest BCUT2D eigenvalue weighted by molar-refractivity contribution is 7.45. The standard InChI is InChI=1S/C73H131N2O7P/c1-7-10-13-16-19-22-25-28-30-32-34-35-36-37-38-39-41-43-45-48-51-54-57-60-63-66-73(77)82-71(64-61-58-55-52-49-46-27-24-21-18-15-12-9-3)70(69-81-83(78,79)80-68-67-75(4,5)6)74-72(76)65-62-59-56-53-50-47-44-42-40-33-31-29-26-23-20-17-14-11-8-2/h19-20,22-23,28-31,34-35,40,42,47,50,61,64,70-71H,7-18,21,24-27,32-33,36-39,41,43-46,48-49,51-60,62-63,65-69H2,1-6H3,(H-,74,76,78,79)/b22-19-,23-20-,30-28-,31-29-,35-34-,42-40-,50-47-,64-61-. The summed E-state index contributed by atoms with van der Waals surface area (Å²) < 4.78 is 30.4. The Morgan fingerprint density at radius 3 is 1.13 bits per heavy atom. The summed E-state index contributed by atoms with van der Waals surface area (Å²) in [5.41, 5.74) is 0. The maximum Gasteiger partial charge on any atom is 0.306 e. The highest BCUT2D eigenvalue weighted by atomic mass is 31.2.